The van der Waals surface area contributed by atoms with Crippen molar-refractivity contribution in [2.45, 2.75) is 51.8 Å². The molecule has 0 fully saturated rings. The molecule has 7 heteroatoms. The Morgan fingerprint density at radius 1 is 1.19 bits per heavy atom. The van der Waals surface area contributed by atoms with E-state index in [1.54, 1.807) is 0 Å². The topological polar surface area (TPSA) is 87.7 Å². The molecule has 146 valence electrons. The van der Waals surface area contributed by atoms with Gasteiger partial charge in [0.05, 0.1) is 25.1 Å². The maximum Gasteiger partial charge on any atom is 0.407 e. The number of benzene rings is 1. The summed E-state index contributed by atoms with van der Waals surface area (Å²) in [6.45, 7) is 7.41. The van der Waals surface area contributed by atoms with E-state index in [0.717, 1.165) is 5.56 Å². The van der Waals surface area contributed by atoms with Crippen molar-refractivity contribution in [3.8, 4) is 0 Å². The molecule has 2 amide bonds. The van der Waals surface area contributed by atoms with E-state index in [4.69, 9.17) is 11.6 Å². The number of carbonyl (C=O) groups excluding carboxylic acids is 2. The summed E-state index contributed by atoms with van der Waals surface area (Å²) in [5.41, 5.74) is 0.417. The quantitative estimate of drug-likeness (QED) is 0.630. The summed E-state index contributed by atoms with van der Waals surface area (Å²) >= 11 is 5.85. The largest absolute Gasteiger partial charge is 0.453 e. The molecule has 0 spiro atoms. The van der Waals surface area contributed by atoms with Crippen molar-refractivity contribution in [1.29, 1.82) is 0 Å². The second kappa shape index (κ2) is 9.78. The van der Waals surface area contributed by atoms with Gasteiger partial charge in [0.15, 0.2) is 0 Å². The van der Waals surface area contributed by atoms with Crippen LogP contribution in [0.5, 0.6) is 0 Å². The van der Waals surface area contributed by atoms with Gasteiger partial charge in [-0.25, -0.2) is 4.79 Å². The van der Waals surface area contributed by atoms with Crippen LogP contribution in [0.15, 0.2) is 30.3 Å². The summed E-state index contributed by atoms with van der Waals surface area (Å²) in [4.78, 5) is 24.5. The molecule has 1 rings (SSSR count). The average molecular weight is 385 g/mol. The molecule has 0 aliphatic rings. The lowest BCUT2D eigenvalue weighted by molar-refractivity contribution is -0.127. The molecule has 1 aromatic carbocycles. The van der Waals surface area contributed by atoms with E-state index in [9.17, 15) is 14.7 Å². The Bertz CT molecular complexity index is 589. The minimum atomic E-state index is -0.936. The van der Waals surface area contributed by atoms with E-state index in [1.165, 1.54) is 7.11 Å². The van der Waals surface area contributed by atoms with Gasteiger partial charge in [0.25, 0.3) is 0 Å². The number of halogens is 1. The van der Waals surface area contributed by atoms with Gasteiger partial charge in [-0.3, -0.25) is 4.79 Å². The lowest BCUT2D eigenvalue weighted by Gasteiger charge is -2.34. The van der Waals surface area contributed by atoms with Crippen molar-refractivity contribution in [1.82, 2.24) is 10.6 Å². The zero-order valence-electron chi connectivity index (χ0n) is 16.0. The smallest absolute Gasteiger partial charge is 0.407 e. The van der Waals surface area contributed by atoms with Crippen LogP contribution in [0.2, 0.25) is 0 Å². The molecule has 0 saturated carbocycles. The highest BCUT2D eigenvalue weighted by atomic mass is 35.5. The maximum absolute atomic E-state index is 12.9. The molecule has 0 aliphatic carbocycles. The van der Waals surface area contributed by atoms with Crippen molar-refractivity contribution in [2.75, 3.05) is 13.0 Å². The maximum atomic E-state index is 12.9. The zero-order chi connectivity index (χ0) is 19.9. The monoisotopic (exact) mass is 384 g/mol. The molecule has 0 aromatic heterocycles. The van der Waals surface area contributed by atoms with Crippen LogP contribution >= 0.6 is 11.6 Å². The second-order valence-electron chi connectivity index (χ2n) is 7.39. The molecule has 1 unspecified atom stereocenters. The molecular formula is C19H29ClN2O4. The molecule has 0 aliphatic heterocycles. The van der Waals surface area contributed by atoms with Gasteiger partial charge in [-0.05, 0) is 11.0 Å². The first-order valence-electron chi connectivity index (χ1n) is 8.55. The first-order chi connectivity index (χ1) is 12.1. The van der Waals surface area contributed by atoms with Gasteiger partial charge in [0.2, 0.25) is 5.91 Å². The molecule has 6 nitrogen and oxygen atoms in total. The fraction of sp³-hybridized carbons (Fsp3) is 0.579. The lowest BCUT2D eigenvalue weighted by atomic mass is 9.85. The Morgan fingerprint density at radius 3 is 2.23 bits per heavy atom. The number of carbonyl (C=O) groups is 2. The van der Waals surface area contributed by atoms with Crippen LogP contribution in [-0.2, 0) is 9.53 Å². The third-order valence-corrected chi connectivity index (χ3v) is 4.64. The number of aliphatic hydroxyl groups excluding tert-OH is 1. The van der Waals surface area contributed by atoms with Crippen LogP contribution in [0.25, 0.3) is 0 Å². The Morgan fingerprint density at radius 2 is 1.77 bits per heavy atom. The predicted molar refractivity (Wildman–Crippen MR) is 102 cm³/mol. The standard InChI is InChI=1S/C19H29ClN2O4/c1-12(13-9-7-6-8-10-13)15(14(23)11-20)21-17(24)16(19(2,3)4)22-18(25)26-5/h6-10,12,14-16,23H,11H2,1-5H3,(H,21,24)(H,22,25)/t12?,14-,15-,16+/m0/s1. The SMILES string of the molecule is COC(=O)N[C@H](C(=O)N[C@@H](C(C)c1ccccc1)[C@@H](O)CCl)C(C)(C)C. The summed E-state index contributed by atoms with van der Waals surface area (Å²) in [5, 5.41) is 15.8. The van der Waals surface area contributed by atoms with Crippen LogP contribution in [-0.4, -0.2) is 48.3 Å². The lowest BCUT2D eigenvalue weighted by Crippen LogP contribution is -2.58. The number of amides is 2. The van der Waals surface area contributed by atoms with Gasteiger partial charge in [-0.15, -0.1) is 11.6 Å². The number of ether oxygens (including phenoxy) is 1. The van der Waals surface area contributed by atoms with Gasteiger partial charge >= 0.3 is 6.09 Å². The second-order valence-corrected chi connectivity index (χ2v) is 7.70. The fourth-order valence-corrected chi connectivity index (χ4v) is 2.91. The van der Waals surface area contributed by atoms with Crippen molar-refractivity contribution < 1.29 is 19.4 Å². The van der Waals surface area contributed by atoms with Gasteiger partial charge in [0, 0.05) is 5.92 Å². The normalized spacial score (nSPS) is 16.1. The highest BCUT2D eigenvalue weighted by Crippen LogP contribution is 2.24. The van der Waals surface area contributed by atoms with E-state index >= 15 is 0 Å². The number of hydrogen-bond acceptors (Lipinski definition) is 4. The Balaban J connectivity index is 3.04. The Kier molecular flexibility index (Phi) is 8.37. The van der Waals surface area contributed by atoms with E-state index in [2.05, 4.69) is 15.4 Å². The van der Waals surface area contributed by atoms with E-state index in [1.807, 2.05) is 58.0 Å². The van der Waals surface area contributed by atoms with Crippen LogP contribution in [0.4, 0.5) is 4.79 Å². The van der Waals surface area contributed by atoms with Gasteiger partial charge in [0.1, 0.15) is 6.04 Å². The van der Waals surface area contributed by atoms with Crippen LogP contribution in [0.1, 0.15) is 39.2 Å². The number of rotatable bonds is 7. The summed E-state index contributed by atoms with van der Waals surface area (Å²) in [6.07, 6.45) is -1.62. The third kappa shape index (κ3) is 6.18. The average Bonchev–Trinajstić information content (AvgIpc) is 2.62. The molecule has 1 aromatic rings. The predicted octanol–water partition coefficient (Wildman–Crippen LogP) is 2.65. The van der Waals surface area contributed by atoms with E-state index in [-0.39, 0.29) is 11.8 Å². The number of nitrogens with one attached hydrogen (secondary N) is 2. The van der Waals surface area contributed by atoms with Gasteiger partial charge in [-0.1, -0.05) is 58.0 Å². The fourth-order valence-electron chi connectivity index (χ4n) is 2.71. The summed E-state index contributed by atoms with van der Waals surface area (Å²) in [7, 11) is 1.24. The van der Waals surface area contributed by atoms with Crippen molar-refractivity contribution in [3.05, 3.63) is 35.9 Å². The van der Waals surface area contributed by atoms with Gasteiger partial charge in [-0.2, -0.15) is 0 Å². The highest BCUT2D eigenvalue weighted by molar-refractivity contribution is 6.18. The molecular weight excluding hydrogens is 356 g/mol. The number of alkyl halides is 1. The van der Waals surface area contributed by atoms with Crippen molar-refractivity contribution in [3.63, 3.8) is 0 Å². The number of aliphatic hydroxyl groups is 1. The third-order valence-electron chi connectivity index (χ3n) is 4.32. The zero-order valence-corrected chi connectivity index (χ0v) is 16.7. The first-order valence-corrected chi connectivity index (χ1v) is 9.09. The molecule has 0 radical (unpaired) electrons. The van der Waals surface area contributed by atoms with E-state index in [0.29, 0.717) is 0 Å². The molecule has 0 bridgehead atoms. The first kappa shape index (κ1) is 22.3. The van der Waals surface area contributed by atoms with Gasteiger partial charge < -0.3 is 20.5 Å². The van der Waals surface area contributed by atoms with Crippen molar-refractivity contribution >= 4 is 23.6 Å². The van der Waals surface area contributed by atoms with E-state index < -0.39 is 35.6 Å². The minimum Gasteiger partial charge on any atom is -0.453 e. The molecule has 3 N–H and O–H groups in total. The summed E-state index contributed by atoms with van der Waals surface area (Å²) in [5.74, 6) is -0.597. The number of alkyl carbamates (subject to hydrolysis) is 1. The number of hydrogen-bond donors (Lipinski definition) is 3. The molecule has 0 saturated heterocycles. The molecule has 26 heavy (non-hydrogen) atoms. The molecule has 0 heterocycles. The minimum absolute atomic E-state index is 0.0211. The summed E-state index contributed by atoms with van der Waals surface area (Å²) < 4.78 is 4.62. The summed E-state index contributed by atoms with van der Waals surface area (Å²) in [6, 6.07) is 8.12. The Hall–Kier alpha value is -1.79. The highest BCUT2D eigenvalue weighted by Gasteiger charge is 2.36. The van der Waals surface area contributed by atoms with Crippen molar-refractivity contribution in [2.24, 2.45) is 5.41 Å². The Labute approximate surface area is 160 Å². The van der Waals surface area contributed by atoms with Crippen LogP contribution in [0, 0.1) is 5.41 Å². The van der Waals surface area contributed by atoms with Crippen LogP contribution in [0.3, 0.4) is 0 Å². The molecule has 4 atom stereocenters. The number of methoxy groups -OCH3 is 1. The van der Waals surface area contributed by atoms with Crippen LogP contribution < -0.4 is 10.6 Å².